The molecular formula is C17H16O2. The molecule has 0 aliphatic rings. The molecule has 2 aromatic carbocycles. The summed E-state index contributed by atoms with van der Waals surface area (Å²) < 4.78 is 5.27. The van der Waals surface area contributed by atoms with Crippen LogP contribution in [0.2, 0.25) is 0 Å². The topological polar surface area (TPSA) is 26.3 Å². The van der Waals surface area contributed by atoms with E-state index in [1.807, 2.05) is 62.4 Å². The third kappa shape index (κ3) is 4.11. The zero-order valence-corrected chi connectivity index (χ0v) is 11.1. The van der Waals surface area contributed by atoms with E-state index in [1.54, 1.807) is 6.08 Å². The van der Waals surface area contributed by atoms with Crippen LogP contribution in [0.25, 0.3) is 6.08 Å². The minimum Gasteiger partial charge on any atom is -0.423 e. The third-order valence-corrected chi connectivity index (χ3v) is 2.63. The van der Waals surface area contributed by atoms with Gasteiger partial charge in [-0.15, -0.1) is 0 Å². The van der Waals surface area contributed by atoms with Gasteiger partial charge in [0.05, 0.1) is 0 Å². The highest BCUT2D eigenvalue weighted by Gasteiger charge is 2.01. The van der Waals surface area contributed by atoms with E-state index < -0.39 is 0 Å². The van der Waals surface area contributed by atoms with Crippen molar-refractivity contribution in [3.63, 3.8) is 0 Å². The van der Waals surface area contributed by atoms with Crippen molar-refractivity contribution in [2.45, 2.75) is 13.8 Å². The maximum absolute atomic E-state index is 11.7. The molecule has 2 nitrogen and oxygen atoms in total. The van der Waals surface area contributed by atoms with Gasteiger partial charge in [-0.25, -0.2) is 4.79 Å². The number of carbonyl (C=O) groups is 1. The second-order valence-electron chi connectivity index (χ2n) is 4.49. The fourth-order valence-corrected chi connectivity index (χ4v) is 1.87. The summed E-state index contributed by atoms with van der Waals surface area (Å²) in [6, 6.07) is 15.4. The predicted molar refractivity (Wildman–Crippen MR) is 77.0 cm³/mol. The van der Waals surface area contributed by atoms with Crippen molar-refractivity contribution >= 4 is 12.0 Å². The largest absolute Gasteiger partial charge is 0.423 e. The van der Waals surface area contributed by atoms with Crippen LogP contribution in [0.5, 0.6) is 5.75 Å². The first-order valence-electron chi connectivity index (χ1n) is 6.17. The summed E-state index contributed by atoms with van der Waals surface area (Å²) >= 11 is 0. The lowest BCUT2D eigenvalue weighted by Crippen LogP contribution is -2.04. The average molecular weight is 252 g/mol. The monoisotopic (exact) mass is 252 g/mol. The number of aryl methyl sites for hydroxylation is 2. The molecule has 0 amide bonds. The highest BCUT2D eigenvalue weighted by molar-refractivity contribution is 5.88. The van der Waals surface area contributed by atoms with E-state index in [0.29, 0.717) is 5.75 Å². The fourth-order valence-electron chi connectivity index (χ4n) is 1.87. The molecule has 0 N–H and O–H groups in total. The minimum absolute atomic E-state index is 0.367. The van der Waals surface area contributed by atoms with Crippen molar-refractivity contribution in [2.24, 2.45) is 0 Å². The molecule has 2 aromatic rings. The molecule has 0 unspecified atom stereocenters. The summed E-state index contributed by atoms with van der Waals surface area (Å²) in [4.78, 5) is 11.7. The van der Waals surface area contributed by atoms with E-state index in [2.05, 4.69) is 0 Å². The molecule has 0 heterocycles. The highest BCUT2D eigenvalue weighted by Crippen LogP contribution is 2.16. The summed E-state index contributed by atoms with van der Waals surface area (Å²) in [5.41, 5.74) is 3.13. The number of hydrogen-bond donors (Lipinski definition) is 0. The zero-order chi connectivity index (χ0) is 13.7. The smallest absolute Gasteiger partial charge is 0.336 e. The van der Waals surface area contributed by atoms with E-state index in [1.165, 1.54) is 6.08 Å². The molecule has 0 aromatic heterocycles. The van der Waals surface area contributed by atoms with Crippen LogP contribution in [0.3, 0.4) is 0 Å². The van der Waals surface area contributed by atoms with Crippen LogP contribution in [-0.2, 0) is 4.79 Å². The maximum Gasteiger partial charge on any atom is 0.336 e. The first-order chi connectivity index (χ1) is 9.13. The quantitative estimate of drug-likeness (QED) is 0.470. The molecule has 0 bridgehead atoms. The van der Waals surface area contributed by atoms with Gasteiger partial charge in [-0.1, -0.05) is 36.4 Å². The maximum atomic E-state index is 11.7. The normalized spacial score (nSPS) is 10.6. The molecule has 0 aliphatic heterocycles. The molecule has 2 heteroatoms. The molecule has 96 valence electrons. The first kappa shape index (κ1) is 13.1. The molecule has 19 heavy (non-hydrogen) atoms. The summed E-state index contributed by atoms with van der Waals surface area (Å²) in [6.07, 6.45) is 3.18. The van der Waals surface area contributed by atoms with Gasteiger partial charge in [0.15, 0.2) is 0 Å². The molecule has 0 fully saturated rings. The Morgan fingerprint density at radius 1 is 1.00 bits per heavy atom. The van der Waals surface area contributed by atoms with Crippen molar-refractivity contribution in [1.29, 1.82) is 0 Å². The highest BCUT2D eigenvalue weighted by atomic mass is 16.5. The van der Waals surface area contributed by atoms with Gasteiger partial charge in [0.1, 0.15) is 5.75 Å². The van der Waals surface area contributed by atoms with Crippen molar-refractivity contribution in [3.05, 3.63) is 71.3 Å². The lowest BCUT2D eigenvalue weighted by molar-refractivity contribution is -0.128. The number of hydrogen-bond acceptors (Lipinski definition) is 2. The zero-order valence-electron chi connectivity index (χ0n) is 11.1. The molecule has 0 aliphatic carbocycles. The van der Waals surface area contributed by atoms with Crippen LogP contribution < -0.4 is 4.74 Å². The van der Waals surface area contributed by atoms with Crippen LogP contribution >= 0.6 is 0 Å². The van der Waals surface area contributed by atoms with E-state index in [9.17, 15) is 4.79 Å². The van der Waals surface area contributed by atoms with E-state index in [4.69, 9.17) is 4.74 Å². The first-order valence-corrected chi connectivity index (χ1v) is 6.17. The number of rotatable bonds is 3. The molecule has 0 spiro atoms. The fraction of sp³-hybridized carbons (Fsp3) is 0.118. The van der Waals surface area contributed by atoms with Gasteiger partial charge in [-0.3, -0.25) is 0 Å². The van der Waals surface area contributed by atoms with Crippen molar-refractivity contribution in [3.8, 4) is 5.75 Å². The second kappa shape index (κ2) is 6.01. The Balaban J connectivity index is 2.03. The molecule has 0 saturated heterocycles. The van der Waals surface area contributed by atoms with Crippen molar-refractivity contribution < 1.29 is 9.53 Å². The van der Waals surface area contributed by atoms with E-state index in [0.717, 1.165) is 16.7 Å². The SMILES string of the molecule is Cc1cc(C)cc(OC(=O)C=Cc2ccccc2)c1. The van der Waals surface area contributed by atoms with E-state index >= 15 is 0 Å². The number of carbonyl (C=O) groups excluding carboxylic acids is 1. The summed E-state index contributed by atoms with van der Waals surface area (Å²) in [5, 5.41) is 0. The average Bonchev–Trinajstić information content (AvgIpc) is 2.36. The number of esters is 1. The van der Waals surface area contributed by atoms with Crippen LogP contribution in [0.4, 0.5) is 0 Å². The van der Waals surface area contributed by atoms with Gasteiger partial charge >= 0.3 is 5.97 Å². The van der Waals surface area contributed by atoms with Crippen LogP contribution in [0.15, 0.2) is 54.6 Å². The number of benzene rings is 2. The van der Waals surface area contributed by atoms with Crippen molar-refractivity contribution in [2.75, 3.05) is 0 Å². The van der Waals surface area contributed by atoms with Gasteiger partial charge in [-0.05, 0) is 48.7 Å². The van der Waals surface area contributed by atoms with Gasteiger partial charge in [0.2, 0.25) is 0 Å². The number of ether oxygens (including phenoxy) is 1. The van der Waals surface area contributed by atoms with Gasteiger partial charge in [-0.2, -0.15) is 0 Å². The molecule has 0 radical (unpaired) electrons. The Morgan fingerprint density at radius 3 is 2.26 bits per heavy atom. The summed E-state index contributed by atoms with van der Waals surface area (Å²) in [5.74, 6) is 0.217. The van der Waals surface area contributed by atoms with Crippen LogP contribution in [-0.4, -0.2) is 5.97 Å². The standard InChI is InChI=1S/C17H16O2/c1-13-10-14(2)12-16(11-13)19-17(18)9-8-15-6-4-3-5-7-15/h3-12H,1-2H3. The van der Waals surface area contributed by atoms with Gasteiger partial charge < -0.3 is 4.74 Å². The van der Waals surface area contributed by atoms with Crippen LogP contribution in [0.1, 0.15) is 16.7 Å². The van der Waals surface area contributed by atoms with Gasteiger partial charge in [0, 0.05) is 6.08 Å². The Kier molecular flexibility index (Phi) is 4.14. The minimum atomic E-state index is -0.367. The molecule has 2 rings (SSSR count). The Bertz CT molecular complexity index is 578. The van der Waals surface area contributed by atoms with E-state index in [-0.39, 0.29) is 5.97 Å². The summed E-state index contributed by atoms with van der Waals surface area (Å²) in [7, 11) is 0. The summed E-state index contributed by atoms with van der Waals surface area (Å²) in [6.45, 7) is 3.95. The molecule has 0 atom stereocenters. The Morgan fingerprint density at radius 2 is 1.63 bits per heavy atom. The lowest BCUT2D eigenvalue weighted by Gasteiger charge is -2.04. The lowest BCUT2D eigenvalue weighted by atomic mass is 10.1. The molecular weight excluding hydrogens is 236 g/mol. The molecule has 0 saturated carbocycles. The third-order valence-electron chi connectivity index (χ3n) is 2.63. The Labute approximate surface area is 113 Å². The Hall–Kier alpha value is -2.35. The van der Waals surface area contributed by atoms with Gasteiger partial charge in [0.25, 0.3) is 0 Å². The second-order valence-corrected chi connectivity index (χ2v) is 4.49. The van der Waals surface area contributed by atoms with Crippen molar-refractivity contribution in [1.82, 2.24) is 0 Å². The van der Waals surface area contributed by atoms with Crippen LogP contribution in [0, 0.1) is 13.8 Å². The predicted octanol–water partition coefficient (Wildman–Crippen LogP) is 3.92.